The second-order valence-corrected chi connectivity index (χ2v) is 7.96. The molecule has 31 heavy (non-hydrogen) atoms. The van der Waals surface area contributed by atoms with E-state index in [1.165, 1.54) is 0 Å². The van der Waals surface area contributed by atoms with E-state index in [0.717, 1.165) is 45.8 Å². The Bertz CT molecular complexity index is 1290. The van der Waals surface area contributed by atoms with Gasteiger partial charge in [-0.05, 0) is 54.1 Å². The van der Waals surface area contributed by atoms with Crippen molar-refractivity contribution in [1.29, 1.82) is 0 Å². The number of hydrogen-bond acceptors (Lipinski definition) is 5. The van der Waals surface area contributed by atoms with Crippen LogP contribution in [-0.4, -0.2) is 29.7 Å². The Kier molecular flexibility index (Phi) is 4.77. The van der Waals surface area contributed by atoms with Crippen LogP contribution in [0.25, 0.3) is 21.8 Å². The lowest BCUT2D eigenvalue weighted by atomic mass is 9.96. The predicted octanol–water partition coefficient (Wildman–Crippen LogP) is 4.79. The van der Waals surface area contributed by atoms with Crippen LogP contribution in [0.3, 0.4) is 0 Å². The fourth-order valence-electron chi connectivity index (χ4n) is 4.03. The summed E-state index contributed by atoms with van der Waals surface area (Å²) < 4.78 is 19.1. The molecule has 0 spiro atoms. The van der Waals surface area contributed by atoms with Crippen molar-refractivity contribution in [3.63, 3.8) is 0 Å². The first-order valence-electron chi connectivity index (χ1n) is 10.3. The van der Waals surface area contributed by atoms with Crippen LogP contribution in [0.2, 0.25) is 0 Å². The summed E-state index contributed by atoms with van der Waals surface area (Å²) in [5.74, 6) is 1.07. The molecule has 158 valence electrons. The molecular formula is C25H24N2O4. The average Bonchev–Trinajstić information content (AvgIpc) is 3.59. The van der Waals surface area contributed by atoms with E-state index in [1.807, 2.05) is 37.5 Å². The number of pyridine rings is 1. The van der Waals surface area contributed by atoms with Crippen LogP contribution in [0, 0.1) is 5.92 Å². The second-order valence-electron chi connectivity index (χ2n) is 7.96. The summed E-state index contributed by atoms with van der Waals surface area (Å²) in [5, 5.41) is 1.96. The number of benzene rings is 2. The molecule has 6 nitrogen and oxygen atoms in total. The molecule has 6 heteroatoms. The molecule has 0 saturated heterocycles. The first-order valence-corrected chi connectivity index (χ1v) is 10.3. The topological polar surface area (TPSA) is 62.6 Å². The number of methoxy groups -OCH3 is 2. The molecule has 0 N–H and O–H groups in total. The Balaban J connectivity index is 1.68. The van der Waals surface area contributed by atoms with Crippen molar-refractivity contribution >= 4 is 27.8 Å². The molecular weight excluding hydrogens is 392 g/mol. The van der Waals surface area contributed by atoms with Crippen molar-refractivity contribution in [3.05, 3.63) is 66.0 Å². The zero-order valence-corrected chi connectivity index (χ0v) is 17.8. The SMILES string of the molecule is COc1cc2nccc(C(OC(=O)C3CC3)c3ccc4c(ccn4C)c3)c2cc1OC. The molecule has 1 aliphatic rings. The Labute approximate surface area is 180 Å². The molecule has 5 rings (SSSR count). The number of nitrogens with zero attached hydrogens (tertiary/aromatic N) is 2. The van der Waals surface area contributed by atoms with Gasteiger partial charge in [0, 0.05) is 42.0 Å². The van der Waals surface area contributed by atoms with Gasteiger partial charge in [0.1, 0.15) is 0 Å². The summed E-state index contributed by atoms with van der Waals surface area (Å²) in [5.41, 5.74) is 3.68. The molecule has 1 atom stereocenters. The van der Waals surface area contributed by atoms with Gasteiger partial charge in [0.05, 0.1) is 25.7 Å². The van der Waals surface area contributed by atoms with Gasteiger partial charge in [0.25, 0.3) is 0 Å². The highest BCUT2D eigenvalue weighted by molar-refractivity contribution is 5.87. The number of ether oxygens (including phenoxy) is 3. The van der Waals surface area contributed by atoms with Gasteiger partial charge in [0.15, 0.2) is 17.6 Å². The largest absolute Gasteiger partial charge is 0.493 e. The Morgan fingerprint density at radius 1 is 1.06 bits per heavy atom. The third kappa shape index (κ3) is 3.48. The maximum atomic E-state index is 12.7. The average molecular weight is 416 g/mol. The van der Waals surface area contributed by atoms with Gasteiger partial charge in [-0.3, -0.25) is 9.78 Å². The first kappa shape index (κ1) is 19.4. The van der Waals surface area contributed by atoms with Crippen LogP contribution in [0.15, 0.2) is 54.9 Å². The smallest absolute Gasteiger partial charge is 0.309 e. The van der Waals surface area contributed by atoms with Crippen molar-refractivity contribution in [2.45, 2.75) is 18.9 Å². The fourth-order valence-corrected chi connectivity index (χ4v) is 4.03. The number of hydrogen-bond donors (Lipinski definition) is 0. The Morgan fingerprint density at radius 2 is 1.84 bits per heavy atom. The summed E-state index contributed by atoms with van der Waals surface area (Å²) in [6, 6.07) is 13.9. The lowest BCUT2D eigenvalue weighted by Crippen LogP contribution is -2.14. The number of fused-ring (bicyclic) bond motifs is 2. The van der Waals surface area contributed by atoms with Crippen LogP contribution in [0.5, 0.6) is 11.5 Å². The summed E-state index contributed by atoms with van der Waals surface area (Å²) in [6.07, 6.45) is 5.01. The number of carbonyl (C=O) groups is 1. The molecule has 4 aromatic rings. The number of esters is 1. The summed E-state index contributed by atoms with van der Waals surface area (Å²) in [6.45, 7) is 0. The maximum absolute atomic E-state index is 12.7. The van der Waals surface area contributed by atoms with E-state index in [1.54, 1.807) is 20.4 Å². The standard InChI is InChI=1S/C25H24N2O4/c1-27-11-9-16-12-17(6-7-21(16)27)24(31-25(28)15-4-5-15)18-8-10-26-20-14-23(30-3)22(29-2)13-19(18)20/h6-15,24H,4-5H2,1-3H3. The lowest BCUT2D eigenvalue weighted by Gasteiger charge is -2.21. The van der Waals surface area contributed by atoms with Crippen LogP contribution >= 0.6 is 0 Å². The predicted molar refractivity (Wildman–Crippen MR) is 118 cm³/mol. The molecule has 0 radical (unpaired) electrons. The van der Waals surface area contributed by atoms with Gasteiger partial charge < -0.3 is 18.8 Å². The van der Waals surface area contributed by atoms with Gasteiger partial charge >= 0.3 is 5.97 Å². The lowest BCUT2D eigenvalue weighted by molar-refractivity contribution is -0.149. The van der Waals surface area contributed by atoms with Gasteiger partial charge in [-0.2, -0.15) is 0 Å². The maximum Gasteiger partial charge on any atom is 0.309 e. The minimum atomic E-state index is -0.540. The molecule has 2 aromatic heterocycles. The highest BCUT2D eigenvalue weighted by Crippen LogP contribution is 2.39. The van der Waals surface area contributed by atoms with E-state index >= 15 is 0 Å². The quantitative estimate of drug-likeness (QED) is 0.423. The van der Waals surface area contributed by atoms with Crippen LogP contribution in [0.1, 0.15) is 30.1 Å². The minimum absolute atomic E-state index is 0.00527. The van der Waals surface area contributed by atoms with E-state index in [-0.39, 0.29) is 11.9 Å². The third-order valence-corrected chi connectivity index (χ3v) is 5.92. The molecule has 1 aliphatic carbocycles. The van der Waals surface area contributed by atoms with Gasteiger partial charge in [-0.15, -0.1) is 0 Å². The zero-order valence-electron chi connectivity index (χ0n) is 17.8. The van der Waals surface area contributed by atoms with Gasteiger partial charge in [-0.25, -0.2) is 0 Å². The molecule has 1 unspecified atom stereocenters. The molecule has 2 aromatic carbocycles. The zero-order chi connectivity index (χ0) is 21.5. The molecule has 2 heterocycles. The highest BCUT2D eigenvalue weighted by atomic mass is 16.5. The van der Waals surface area contributed by atoms with Crippen molar-refractivity contribution < 1.29 is 19.0 Å². The third-order valence-electron chi connectivity index (χ3n) is 5.92. The molecule has 1 saturated carbocycles. The number of carbonyl (C=O) groups excluding carboxylic acids is 1. The van der Waals surface area contributed by atoms with Crippen LogP contribution in [-0.2, 0) is 16.6 Å². The van der Waals surface area contributed by atoms with E-state index in [9.17, 15) is 4.79 Å². The molecule has 0 aliphatic heterocycles. The van der Waals surface area contributed by atoms with Gasteiger partial charge in [0.2, 0.25) is 0 Å². The van der Waals surface area contributed by atoms with E-state index in [0.29, 0.717) is 11.5 Å². The van der Waals surface area contributed by atoms with Crippen LogP contribution < -0.4 is 9.47 Å². The molecule has 0 bridgehead atoms. The number of aryl methyl sites for hydroxylation is 1. The molecule has 0 amide bonds. The highest BCUT2D eigenvalue weighted by Gasteiger charge is 2.34. The summed E-state index contributed by atoms with van der Waals surface area (Å²) >= 11 is 0. The van der Waals surface area contributed by atoms with E-state index < -0.39 is 6.10 Å². The summed E-state index contributed by atoms with van der Waals surface area (Å²) in [7, 11) is 5.22. The van der Waals surface area contributed by atoms with Crippen molar-refractivity contribution in [2.75, 3.05) is 14.2 Å². The Morgan fingerprint density at radius 3 is 2.58 bits per heavy atom. The number of rotatable bonds is 6. The fraction of sp³-hybridized carbons (Fsp3) is 0.280. The van der Waals surface area contributed by atoms with E-state index in [2.05, 4.69) is 27.8 Å². The monoisotopic (exact) mass is 416 g/mol. The Hall–Kier alpha value is -3.54. The normalized spacial score (nSPS) is 14.5. The van der Waals surface area contributed by atoms with Crippen molar-refractivity contribution in [1.82, 2.24) is 9.55 Å². The van der Waals surface area contributed by atoms with Crippen molar-refractivity contribution in [2.24, 2.45) is 13.0 Å². The van der Waals surface area contributed by atoms with Gasteiger partial charge in [-0.1, -0.05) is 6.07 Å². The van der Waals surface area contributed by atoms with Crippen molar-refractivity contribution in [3.8, 4) is 11.5 Å². The number of aromatic nitrogens is 2. The van der Waals surface area contributed by atoms with Crippen LogP contribution in [0.4, 0.5) is 0 Å². The molecule has 1 fully saturated rings. The van der Waals surface area contributed by atoms with E-state index in [4.69, 9.17) is 14.2 Å². The first-order chi connectivity index (χ1) is 15.1. The minimum Gasteiger partial charge on any atom is -0.493 e. The second kappa shape index (κ2) is 7.61. The summed E-state index contributed by atoms with van der Waals surface area (Å²) in [4.78, 5) is 17.2.